The number of pyridine rings is 1. The van der Waals surface area contributed by atoms with Gasteiger partial charge < -0.3 is 5.32 Å². The lowest BCUT2D eigenvalue weighted by Gasteiger charge is -2.37. The predicted octanol–water partition coefficient (Wildman–Crippen LogP) is 4.22. The first-order valence-electron chi connectivity index (χ1n) is 13.4. The molecule has 1 N–H and O–H groups in total. The highest BCUT2D eigenvalue weighted by Gasteiger charge is 2.67. The second-order valence-corrected chi connectivity index (χ2v) is 11.4. The number of likely N-dealkylation sites (tertiary alicyclic amines) is 1. The van der Waals surface area contributed by atoms with Crippen molar-refractivity contribution in [3.63, 3.8) is 0 Å². The molecular weight excluding hydrogens is 450 g/mol. The van der Waals surface area contributed by atoms with Gasteiger partial charge >= 0.3 is 0 Å². The molecule has 2 heterocycles. The predicted molar refractivity (Wildman–Crippen MR) is 134 cm³/mol. The number of hydrogen-bond donors (Lipinski definition) is 1. The van der Waals surface area contributed by atoms with Crippen molar-refractivity contribution in [3.05, 3.63) is 72.1 Å². The summed E-state index contributed by atoms with van der Waals surface area (Å²) < 4.78 is 0. The van der Waals surface area contributed by atoms with E-state index < -0.39 is 0 Å². The first-order chi connectivity index (χ1) is 17.6. The number of allylic oxidation sites excluding steroid dienone is 2. The first kappa shape index (κ1) is 22.0. The number of carbonyl (C=O) groups excluding carboxylic acids is 3. The van der Waals surface area contributed by atoms with E-state index in [1.807, 2.05) is 36.4 Å². The van der Waals surface area contributed by atoms with Crippen LogP contribution < -0.4 is 5.32 Å². The average molecular weight is 482 g/mol. The van der Waals surface area contributed by atoms with Gasteiger partial charge in [-0.3, -0.25) is 24.3 Å². The molecule has 3 saturated carbocycles. The van der Waals surface area contributed by atoms with Crippen LogP contribution in [0.5, 0.6) is 0 Å². The zero-order valence-corrected chi connectivity index (χ0v) is 20.3. The maximum atomic E-state index is 13.4. The second kappa shape index (κ2) is 8.39. The molecule has 0 radical (unpaired) electrons. The van der Waals surface area contributed by atoms with Crippen molar-refractivity contribution in [1.29, 1.82) is 0 Å². The summed E-state index contributed by atoms with van der Waals surface area (Å²) in [7, 11) is 0. The molecule has 0 spiro atoms. The molecule has 1 aliphatic heterocycles. The highest BCUT2D eigenvalue weighted by Crippen LogP contribution is 2.65. The van der Waals surface area contributed by atoms with Gasteiger partial charge in [0.15, 0.2) is 0 Å². The van der Waals surface area contributed by atoms with Crippen LogP contribution in [0, 0.1) is 41.4 Å². The Bertz CT molecular complexity index is 1200. The minimum absolute atomic E-state index is 0.0328. The molecule has 184 valence electrons. The van der Waals surface area contributed by atoms with Crippen molar-refractivity contribution in [3.8, 4) is 0 Å². The van der Waals surface area contributed by atoms with E-state index in [9.17, 15) is 14.4 Å². The lowest BCUT2D eigenvalue weighted by Crippen LogP contribution is -2.44. The molecule has 6 atom stereocenters. The third-order valence-corrected chi connectivity index (χ3v) is 9.51. The van der Waals surface area contributed by atoms with E-state index in [0.29, 0.717) is 24.7 Å². The fourth-order valence-electron chi connectivity index (χ4n) is 7.62. The van der Waals surface area contributed by atoms with E-state index in [2.05, 4.69) is 22.5 Å². The molecule has 5 aliphatic carbocycles. The second-order valence-electron chi connectivity index (χ2n) is 11.4. The summed E-state index contributed by atoms with van der Waals surface area (Å²) in [5.41, 5.74) is 3.19. The molecule has 1 aromatic carbocycles. The summed E-state index contributed by atoms with van der Waals surface area (Å²) in [6, 6.07) is 12.0. The van der Waals surface area contributed by atoms with E-state index >= 15 is 0 Å². The van der Waals surface area contributed by atoms with E-state index in [1.54, 1.807) is 17.3 Å². The van der Waals surface area contributed by atoms with E-state index in [0.717, 1.165) is 24.9 Å². The minimum atomic E-state index is -0.126. The van der Waals surface area contributed by atoms with Gasteiger partial charge in [0.2, 0.25) is 17.7 Å². The van der Waals surface area contributed by atoms with Crippen molar-refractivity contribution in [2.75, 3.05) is 5.32 Å². The Hall–Kier alpha value is -3.28. The van der Waals surface area contributed by atoms with Gasteiger partial charge in [-0.2, -0.15) is 0 Å². The van der Waals surface area contributed by atoms with Gasteiger partial charge in [-0.05, 0) is 97.6 Å². The van der Waals surface area contributed by atoms with Crippen molar-refractivity contribution in [2.45, 2.75) is 44.6 Å². The highest BCUT2D eigenvalue weighted by atomic mass is 16.2. The van der Waals surface area contributed by atoms with Gasteiger partial charge in [-0.1, -0.05) is 24.3 Å². The minimum Gasteiger partial charge on any atom is -0.326 e. The molecule has 6 nitrogen and oxygen atoms in total. The molecule has 6 aliphatic rings. The zero-order valence-electron chi connectivity index (χ0n) is 20.3. The summed E-state index contributed by atoms with van der Waals surface area (Å²) in [6.45, 7) is 0. The van der Waals surface area contributed by atoms with Crippen LogP contribution >= 0.6 is 0 Å². The Balaban J connectivity index is 0.950. The van der Waals surface area contributed by atoms with Crippen molar-refractivity contribution in [2.24, 2.45) is 41.4 Å². The maximum Gasteiger partial charge on any atom is 0.233 e. The summed E-state index contributed by atoms with van der Waals surface area (Å²) in [5, 5.41) is 3.07. The van der Waals surface area contributed by atoms with E-state index in [4.69, 9.17) is 0 Å². The molecule has 3 amide bonds. The molecule has 1 aromatic heterocycles. The largest absolute Gasteiger partial charge is 0.326 e. The van der Waals surface area contributed by atoms with Gasteiger partial charge in [-0.25, -0.2) is 0 Å². The quantitative estimate of drug-likeness (QED) is 0.512. The van der Waals surface area contributed by atoms with Gasteiger partial charge in [0.05, 0.1) is 11.8 Å². The van der Waals surface area contributed by atoms with Crippen LogP contribution in [0.15, 0.2) is 60.9 Å². The lowest BCUT2D eigenvalue weighted by atomic mass is 9.63. The van der Waals surface area contributed by atoms with Gasteiger partial charge in [0, 0.05) is 30.0 Å². The fraction of sp³-hybridized carbons (Fsp3) is 0.467. The number of rotatable bonds is 5. The molecule has 8 rings (SSSR count). The van der Waals surface area contributed by atoms with E-state index in [-0.39, 0.29) is 53.4 Å². The number of amides is 3. The number of carbonyl (C=O) groups is 3. The van der Waals surface area contributed by atoms with Crippen molar-refractivity contribution < 1.29 is 14.4 Å². The number of aromatic nitrogens is 1. The molecular formula is C30H31N3O3. The highest BCUT2D eigenvalue weighted by molar-refractivity contribution is 6.06. The monoisotopic (exact) mass is 481 g/mol. The molecule has 1 saturated heterocycles. The smallest absolute Gasteiger partial charge is 0.233 e. The van der Waals surface area contributed by atoms with Crippen LogP contribution in [0.4, 0.5) is 5.69 Å². The number of nitrogens with zero attached hydrogens (tertiary/aromatic N) is 2. The first-order valence-corrected chi connectivity index (χ1v) is 13.4. The molecule has 36 heavy (non-hydrogen) atoms. The molecule has 2 aromatic rings. The third-order valence-electron chi connectivity index (χ3n) is 9.51. The van der Waals surface area contributed by atoms with Gasteiger partial charge in [0.1, 0.15) is 0 Å². The number of hydrogen-bond acceptors (Lipinski definition) is 4. The number of nitrogens with one attached hydrogen (secondary N) is 1. The van der Waals surface area contributed by atoms with Crippen LogP contribution in [-0.4, -0.2) is 33.6 Å². The van der Waals surface area contributed by atoms with Crippen molar-refractivity contribution >= 4 is 23.4 Å². The molecule has 4 fully saturated rings. The van der Waals surface area contributed by atoms with E-state index in [1.165, 1.54) is 17.5 Å². The average Bonchev–Trinajstić information content (AvgIpc) is 3.69. The summed E-state index contributed by atoms with van der Waals surface area (Å²) in [5.74, 6) is 1.61. The van der Waals surface area contributed by atoms with Crippen LogP contribution in [0.2, 0.25) is 0 Å². The maximum absolute atomic E-state index is 13.4. The Morgan fingerprint density at radius 3 is 2.03 bits per heavy atom. The standard InChI is InChI=1S/C30H31N3O3/c34-28(32-20-5-1-17(2-6-20)15-18-11-13-31-14-12-18)19-3-7-21(8-4-19)33-29(35)26-22-9-10-23(25-16-24(22)25)27(26)30(33)36/h1-2,5-6,9-14,19,21-27H,3-4,7-8,15-16H2,(H,32,34)/t19?,21?,22-,23-,24-,25-,26-,27+/m1/s1. The van der Waals surface area contributed by atoms with Gasteiger partial charge in [0.25, 0.3) is 0 Å². The summed E-state index contributed by atoms with van der Waals surface area (Å²) >= 11 is 0. The van der Waals surface area contributed by atoms with Crippen LogP contribution in [0.3, 0.4) is 0 Å². The van der Waals surface area contributed by atoms with Crippen LogP contribution in [0.25, 0.3) is 0 Å². The topological polar surface area (TPSA) is 79.4 Å². The summed E-state index contributed by atoms with van der Waals surface area (Å²) in [6.07, 6.45) is 12.9. The third kappa shape index (κ3) is 3.53. The Kier molecular flexibility index (Phi) is 5.12. The summed E-state index contributed by atoms with van der Waals surface area (Å²) in [4.78, 5) is 45.4. The Morgan fingerprint density at radius 2 is 1.42 bits per heavy atom. The Labute approximate surface area is 211 Å². The normalized spacial score (nSPS) is 35.9. The Morgan fingerprint density at radius 1 is 0.833 bits per heavy atom. The van der Waals surface area contributed by atoms with Gasteiger partial charge in [-0.15, -0.1) is 0 Å². The zero-order chi connectivity index (χ0) is 24.4. The van der Waals surface area contributed by atoms with Crippen molar-refractivity contribution in [1.82, 2.24) is 9.88 Å². The molecule has 2 bridgehead atoms. The number of anilines is 1. The SMILES string of the molecule is O=C(Nc1ccc(Cc2ccncc2)cc1)C1CCC(N2C(=O)[C@@H]3[C@@H]4C=C[C@H]([C@H]5C[C@H]45)[C@@H]3C2=O)CC1. The number of benzene rings is 1. The lowest BCUT2D eigenvalue weighted by molar-refractivity contribution is -0.144. The number of imide groups is 1. The molecule has 6 heteroatoms. The van der Waals surface area contributed by atoms with Crippen LogP contribution in [0.1, 0.15) is 43.2 Å². The molecule has 0 unspecified atom stereocenters. The van der Waals surface area contributed by atoms with Crippen LogP contribution in [-0.2, 0) is 20.8 Å². The fourth-order valence-corrected chi connectivity index (χ4v) is 7.62.